The number of aryl methyl sites for hydroxylation is 1. The van der Waals surface area contributed by atoms with E-state index >= 15 is 0 Å². The van der Waals surface area contributed by atoms with E-state index in [4.69, 9.17) is 10.5 Å². The highest BCUT2D eigenvalue weighted by molar-refractivity contribution is 5.69. The molecule has 7 heteroatoms. The molecule has 1 aromatic rings. The number of benzene rings is 1. The largest absolute Gasteiger partial charge is 0.444 e. The molecule has 0 aliphatic rings. The minimum atomic E-state index is -0.551. The zero-order valence-corrected chi connectivity index (χ0v) is 13.7. The van der Waals surface area contributed by atoms with Gasteiger partial charge in [0.25, 0.3) is 5.69 Å². The number of nitrogens with two attached hydrogens (primary N) is 1. The van der Waals surface area contributed by atoms with Crippen molar-refractivity contribution in [2.24, 2.45) is 0 Å². The monoisotopic (exact) mass is 319 g/mol. The quantitative estimate of drug-likeness (QED) is 0.293. The molecule has 23 heavy (non-hydrogen) atoms. The number of nitrogen functional groups attached to an aromatic ring is 1. The first kappa shape index (κ1) is 18.3. The third-order valence-electron chi connectivity index (χ3n) is 2.64. The normalized spacial score (nSPS) is 10.4. The van der Waals surface area contributed by atoms with E-state index in [1.807, 2.05) is 0 Å². The molecule has 0 radical (unpaired) electrons. The number of nitro benzene ring substituents is 1. The Kier molecular flexibility index (Phi) is 5.96. The minimum absolute atomic E-state index is 0.0493. The zero-order chi connectivity index (χ0) is 17.6. The Morgan fingerprint density at radius 2 is 2.09 bits per heavy atom. The van der Waals surface area contributed by atoms with Gasteiger partial charge in [0.1, 0.15) is 11.3 Å². The van der Waals surface area contributed by atoms with Crippen LogP contribution in [-0.2, 0) is 4.74 Å². The fourth-order valence-corrected chi connectivity index (χ4v) is 1.73. The molecule has 0 aliphatic carbocycles. The fraction of sp³-hybridized carbons (Fsp3) is 0.438. The number of alkyl carbamates (subject to hydrolysis) is 1. The van der Waals surface area contributed by atoms with Gasteiger partial charge in [0.2, 0.25) is 0 Å². The van der Waals surface area contributed by atoms with Crippen LogP contribution in [0, 0.1) is 28.9 Å². The van der Waals surface area contributed by atoms with E-state index < -0.39 is 16.6 Å². The molecular formula is C16H21N3O4. The number of nitrogens with one attached hydrogen (secondary N) is 1. The number of carbonyl (C=O) groups excluding carboxylic acids is 1. The van der Waals surface area contributed by atoms with E-state index in [1.54, 1.807) is 33.8 Å². The number of carbonyl (C=O) groups is 1. The van der Waals surface area contributed by atoms with Gasteiger partial charge in [-0.05, 0) is 39.3 Å². The molecule has 7 nitrogen and oxygen atoms in total. The van der Waals surface area contributed by atoms with E-state index in [9.17, 15) is 14.9 Å². The van der Waals surface area contributed by atoms with E-state index in [0.717, 1.165) is 0 Å². The van der Waals surface area contributed by atoms with Crippen molar-refractivity contribution in [1.82, 2.24) is 5.32 Å². The number of rotatable bonds is 3. The maximum atomic E-state index is 11.4. The summed E-state index contributed by atoms with van der Waals surface area (Å²) in [4.78, 5) is 21.8. The number of ether oxygens (including phenoxy) is 1. The van der Waals surface area contributed by atoms with Crippen molar-refractivity contribution < 1.29 is 14.5 Å². The lowest BCUT2D eigenvalue weighted by atomic mass is 10.1. The number of nitrogens with zero attached hydrogens (tertiary/aromatic N) is 1. The van der Waals surface area contributed by atoms with Gasteiger partial charge in [-0.1, -0.05) is 11.8 Å². The zero-order valence-electron chi connectivity index (χ0n) is 13.7. The highest BCUT2D eigenvalue weighted by Gasteiger charge is 2.16. The summed E-state index contributed by atoms with van der Waals surface area (Å²) in [7, 11) is 0. The van der Waals surface area contributed by atoms with Gasteiger partial charge in [-0.3, -0.25) is 10.1 Å². The van der Waals surface area contributed by atoms with Crippen molar-refractivity contribution in [3.05, 3.63) is 33.4 Å². The first-order chi connectivity index (χ1) is 10.6. The van der Waals surface area contributed by atoms with Gasteiger partial charge in [-0.15, -0.1) is 0 Å². The molecule has 0 saturated carbocycles. The second-order valence-corrected chi connectivity index (χ2v) is 5.98. The minimum Gasteiger partial charge on any atom is -0.444 e. The average Bonchev–Trinajstić information content (AvgIpc) is 2.39. The van der Waals surface area contributed by atoms with E-state index in [0.29, 0.717) is 24.1 Å². The Labute approximate surface area is 135 Å². The molecule has 1 amide bonds. The van der Waals surface area contributed by atoms with Crippen molar-refractivity contribution in [1.29, 1.82) is 0 Å². The Morgan fingerprint density at radius 1 is 1.43 bits per heavy atom. The molecule has 124 valence electrons. The summed E-state index contributed by atoms with van der Waals surface area (Å²) in [5.74, 6) is 5.63. The topological polar surface area (TPSA) is 107 Å². The molecule has 0 bridgehead atoms. The fourth-order valence-electron chi connectivity index (χ4n) is 1.73. The lowest BCUT2D eigenvalue weighted by molar-refractivity contribution is -0.384. The van der Waals surface area contributed by atoms with Crippen LogP contribution in [0.1, 0.15) is 38.3 Å². The number of nitro groups is 1. The van der Waals surface area contributed by atoms with E-state index in [2.05, 4.69) is 17.2 Å². The Balaban J connectivity index is 2.64. The predicted molar refractivity (Wildman–Crippen MR) is 88.0 cm³/mol. The highest BCUT2D eigenvalue weighted by atomic mass is 16.6. The van der Waals surface area contributed by atoms with Gasteiger partial charge in [0, 0.05) is 19.0 Å². The smallest absolute Gasteiger partial charge is 0.407 e. The Hall–Kier alpha value is -2.75. The van der Waals surface area contributed by atoms with Crippen LogP contribution >= 0.6 is 0 Å². The SMILES string of the molecule is Cc1cc(C#CCCNC(=O)OC(C)(C)C)c(N)c([N+](=O)[O-])c1. The van der Waals surface area contributed by atoms with Crippen LogP contribution in [-0.4, -0.2) is 23.2 Å². The summed E-state index contributed by atoms with van der Waals surface area (Å²) in [5, 5.41) is 13.5. The number of amides is 1. The van der Waals surface area contributed by atoms with Crippen LogP contribution < -0.4 is 11.1 Å². The molecule has 0 unspecified atom stereocenters. The number of hydrogen-bond acceptors (Lipinski definition) is 5. The Morgan fingerprint density at radius 3 is 2.65 bits per heavy atom. The second kappa shape index (κ2) is 7.49. The van der Waals surface area contributed by atoms with Crippen molar-refractivity contribution in [2.75, 3.05) is 12.3 Å². The molecule has 0 atom stereocenters. The van der Waals surface area contributed by atoms with Gasteiger partial charge in [0.15, 0.2) is 0 Å². The van der Waals surface area contributed by atoms with Gasteiger partial charge in [0.05, 0.1) is 10.5 Å². The van der Waals surface area contributed by atoms with Gasteiger partial charge in [-0.2, -0.15) is 0 Å². The molecule has 0 aromatic heterocycles. The molecule has 0 fully saturated rings. The lowest BCUT2D eigenvalue weighted by Crippen LogP contribution is -2.32. The standard InChI is InChI=1S/C16H21N3O4/c1-11-9-12(14(17)13(10-11)19(21)22)7-5-6-8-18-15(20)23-16(2,3)4/h9-10H,6,8,17H2,1-4H3,(H,18,20). The van der Waals surface area contributed by atoms with E-state index in [-0.39, 0.29) is 11.4 Å². The van der Waals surface area contributed by atoms with Crippen molar-refractivity contribution >= 4 is 17.5 Å². The second-order valence-electron chi connectivity index (χ2n) is 5.98. The van der Waals surface area contributed by atoms with Crippen LogP contribution in [0.2, 0.25) is 0 Å². The lowest BCUT2D eigenvalue weighted by Gasteiger charge is -2.19. The average molecular weight is 319 g/mol. The maximum absolute atomic E-state index is 11.4. The van der Waals surface area contributed by atoms with Crippen LogP contribution in [0.25, 0.3) is 0 Å². The Bertz CT molecular complexity index is 666. The molecule has 0 heterocycles. The van der Waals surface area contributed by atoms with Gasteiger partial charge in [-0.25, -0.2) is 4.79 Å². The summed E-state index contributed by atoms with van der Waals surface area (Å²) >= 11 is 0. The van der Waals surface area contributed by atoms with Crippen molar-refractivity contribution in [2.45, 2.75) is 39.7 Å². The first-order valence-electron chi connectivity index (χ1n) is 7.10. The summed E-state index contributed by atoms with van der Waals surface area (Å²) < 4.78 is 5.09. The predicted octanol–water partition coefficient (Wildman–Crippen LogP) is 2.75. The highest BCUT2D eigenvalue weighted by Crippen LogP contribution is 2.26. The molecule has 1 aromatic carbocycles. The number of anilines is 1. The first-order valence-corrected chi connectivity index (χ1v) is 7.10. The third kappa shape index (κ3) is 6.26. The van der Waals surface area contributed by atoms with Gasteiger partial charge >= 0.3 is 6.09 Å². The third-order valence-corrected chi connectivity index (χ3v) is 2.64. The van der Waals surface area contributed by atoms with E-state index in [1.165, 1.54) is 6.07 Å². The van der Waals surface area contributed by atoms with Crippen LogP contribution in [0.15, 0.2) is 12.1 Å². The molecule has 0 spiro atoms. The maximum Gasteiger partial charge on any atom is 0.407 e. The van der Waals surface area contributed by atoms with Gasteiger partial charge < -0.3 is 15.8 Å². The van der Waals surface area contributed by atoms with Crippen LogP contribution in [0.3, 0.4) is 0 Å². The molecule has 1 rings (SSSR count). The molecule has 3 N–H and O–H groups in total. The van der Waals surface area contributed by atoms with Crippen molar-refractivity contribution in [3.8, 4) is 11.8 Å². The molecule has 0 saturated heterocycles. The van der Waals surface area contributed by atoms with Crippen molar-refractivity contribution in [3.63, 3.8) is 0 Å². The summed E-state index contributed by atoms with van der Waals surface area (Å²) in [6.07, 6.45) is -0.134. The van der Waals surface area contributed by atoms with Crippen LogP contribution in [0.5, 0.6) is 0 Å². The molecular weight excluding hydrogens is 298 g/mol. The summed E-state index contributed by atoms with van der Waals surface area (Å²) in [5.41, 5.74) is 6.22. The number of hydrogen-bond donors (Lipinski definition) is 2. The summed E-state index contributed by atoms with van der Waals surface area (Å²) in [6, 6.07) is 3.10. The molecule has 0 aliphatic heterocycles. The summed E-state index contributed by atoms with van der Waals surface area (Å²) in [6.45, 7) is 7.39. The van der Waals surface area contributed by atoms with Crippen LogP contribution in [0.4, 0.5) is 16.2 Å².